The van der Waals surface area contributed by atoms with E-state index in [0.29, 0.717) is 6.42 Å². The maximum absolute atomic E-state index is 12.8. The Kier molecular flexibility index (Phi) is 8.56. The number of phenols is 1. The standard InChI is InChI=1S/C28H45NO5/c1-6-7-8-9-12-27(2,3)19-14-23(32)25-21-13-18(26(33)29-16-20(31)17-30)10-11-22(21)28(4,5)34-24(25)15-19/h14-15,18,20-22,30-32H,6-13,16-17H2,1-5H3,(H,29,33)/t18-,20-,21-,22-/m1/s1. The molecule has 192 valence electrons. The van der Waals surface area contributed by atoms with Gasteiger partial charge in [-0.1, -0.05) is 46.5 Å². The van der Waals surface area contributed by atoms with Gasteiger partial charge in [0.05, 0.1) is 12.7 Å². The van der Waals surface area contributed by atoms with Crippen molar-refractivity contribution < 1.29 is 24.9 Å². The van der Waals surface area contributed by atoms with Crippen LogP contribution >= 0.6 is 0 Å². The number of nitrogens with one attached hydrogen (secondary N) is 1. The predicted octanol–water partition coefficient (Wildman–Crippen LogP) is 4.78. The average Bonchev–Trinajstić information content (AvgIpc) is 2.78. The zero-order valence-corrected chi connectivity index (χ0v) is 21.7. The molecule has 1 amide bonds. The number of carbonyl (C=O) groups is 1. The molecule has 1 aromatic rings. The van der Waals surface area contributed by atoms with Crippen LogP contribution in [0.15, 0.2) is 12.1 Å². The minimum atomic E-state index is -0.948. The number of unbranched alkanes of at least 4 members (excludes halogenated alkanes) is 3. The molecule has 0 spiro atoms. The number of amides is 1. The van der Waals surface area contributed by atoms with Crippen LogP contribution in [0.4, 0.5) is 0 Å². The first-order valence-electron chi connectivity index (χ1n) is 13.1. The second-order valence-corrected chi connectivity index (χ2v) is 11.6. The minimum Gasteiger partial charge on any atom is -0.508 e. The molecule has 0 radical (unpaired) electrons. The van der Waals surface area contributed by atoms with Crippen molar-refractivity contribution in [2.45, 2.75) is 109 Å². The summed E-state index contributed by atoms with van der Waals surface area (Å²) in [7, 11) is 0. The molecule has 6 heteroatoms. The van der Waals surface area contributed by atoms with Gasteiger partial charge in [-0.15, -0.1) is 0 Å². The summed E-state index contributed by atoms with van der Waals surface area (Å²) in [6.45, 7) is 10.6. The number of hydrogen-bond donors (Lipinski definition) is 4. The van der Waals surface area contributed by atoms with Gasteiger partial charge in [-0.05, 0) is 68.6 Å². The molecule has 4 N–H and O–H groups in total. The highest BCUT2D eigenvalue weighted by Gasteiger charge is 2.49. The summed E-state index contributed by atoms with van der Waals surface area (Å²) in [5.41, 5.74) is 1.48. The maximum atomic E-state index is 12.8. The quantitative estimate of drug-likeness (QED) is 0.365. The molecule has 1 aromatic carbocycles. The third-order valence-corrected chi connectivity index (χ3v) is 8.14. The molecule has 6 nitrogen and oxygen atoms in total. The first-order chi connectivity index (χ1) is 16.0. The second kappa shape index (κ2) is 10.9. The normalized spacial score (nSPS) is 24.5. The molecule has 0 bridgehead atoms. The number of carbonyl (C=O) groups excluding carboxylic acids is 1. The minimum absolute atomic E-state index is 0.0349. The molecule has 0 aromatic heterocycles. The largest absolute Gasteiger partial charge is 0.508 e. The van der Waals surface area contributed by atoms with Crippen molar-refractivity contribution in [1.29, 1.82) is 0 Å². The number of aliphatic hydroxyl groups excluding tert-OH is 2. The van der Waals surface area contributed by atoms with Crippen LogP contribution in [0.3, 0.4) is 0 Å². The molecule has 0 saturated heterocycles. The van der Waals surface area contributed by atoms with Crippen LogP contribution in [0.5, 0.6) is 11.5 Å². The SMILES string of the molecule is CCCCCCC(C)(C)c1cc(O)c2c(c1)OC(C)(C)[C@@H]1CC[C@@H](C(=O)NC[C@@H](O)CO)C[C@@H]21. The highest BCUT2D eigenvalue weighted by molar-refractivity contribution is 5.79. The summed E-state index contributed by atoms with van der Waals surface area (Å²) in [6, 6.07) is 4.03. The molecule has 1 fully saturated rings. The Balaban J connectivity index is 1.84. The van der Waals surface area contributed by atoms with Crippen molar-refractivity contribution in [3.05, 3.63) is 23.3 Å². The molecule has 1 heterocycles. The van der Waals surface area contributed by atoms with E-state index in [2.05, 4.69) is 46.0 Å². The van der Waals surface area contributed by atoms with Crippen molar-refractivity contribution in [2.75, 3.05) is 13.2 Å². The molecule has 3 rings (SSSR count). The Labute approximate surface area is 205 Å². The van der Waals surface area contributed by atoms with E-state index in [1.165, 1.54) is 19.3 Å². The average molecular weight is 476 g/mol. The van der Waals surface area contributed by atoms with Crippen molar-refractivity contribution in [3.63, 3.8) is 0 Å². The predicted molar refractivity (Wildman–Crippen MR) is 134 cm³/mol. The van der Waals surface area contributed by atoms with E-state index < -0.39 is 6.10 Å². The van der Waals surface area contributed by atoms with Gasteiger partial charge in [0, 0.05) is 23.9 Å². The van der Waals surface area contributed by atoms with Crippen molar-refractivity contribution in [1.82, 2.24) is 5.32 Å². The summed E-state index contributed by atoms with van der Waals surface area (Å²) < 4.78 is 6.52. The van der Waals surface area contributed by atoms with E-state index >= 15 is 0 Å². The fraction of sp³-hybridized carbons (Fsp3) is 0.750. The van der Waals surface area contributed by atoms with E-state index in [4.69, 9.17) is 9.84 Å². The fourth-order valence-corrected chi connectivity index (χ4v) is 5.94. The Morgan fingerprint density at radius 1 is 1.24 bits per heavy atom. The van der Waals surface area contributed by atoms with Crippen LogP contribution in [-0.4, -0.2) is 46.1 Å². The lowest BCUT2D eigenvalue weighted by Crippen LogP contribution is -2.49. The summed E-state index contributed by atoms with van der Waals surface area (Å²) in [5, 5.41) is 32.6. The number of hydrogen-bond acceptors (Lipinski definition) is 5. The van der Waals surface area contributed by atoms with Gasteiger partial charge in [0.25, 0.3) is 0 Å². The highest BCUT2D eigenvalue weighted by Crippen LogP contribution is 2.56. The maximum Gasteiger partial charge on any atom is 0.223 e. The van der Waals surface area contributed by atoms with Gasteiger partial charge in [-0.3, -0.25) is 4.79 Å². The number of rotatable bonds is 10. The molecule has 1 saturated carbocycles. The van der Waals surface area contributed by atoms with Crippen molar-refractivity contribution in [2.24, 2.45) is 11.8 Å². The third kappa shape index (κ3) is 5.88. The van der Waals surface area contributed by atoms with Crippen molar-refractivity contribution >= 4 is 5.91 Å². The van der Waals surface area contributed by atoms with E-state index in [1.54, 1.807) is 0 Å². The highest BCUT2D eigenvalue weighted by atomic mass is 16.5. The molecule has 4 atom stereocenters. The van der Waals surface area contributed by atoms with Crippen LogP contribution in [0.1, 0.15) is 103 Å². The fourth-order valence-electron chi connectivity index (χ4n) is 5.94. The zero-order valence-electron chi connectivity index (χ0n) is 21.7. The lowest BCUT2D eigenvalue weighted by Gasteiger charge is -2.49. The van der Waals surface area contributed by atoms with E-state index in [1.807, 2.05) is 6.07 Å². The van der Waals surface area contributed by atoms with Crippen LogP contribution in [0.25, 0.3) is 0 Å². The molecule has 2 aliphatic rings. The Bertz CT molecular complexity index is 849. The number of aliphatic hydroxyl groups is 2. The van der Waals surface area contributed by atoms with E-state index in [0.717, 1.165) is 42.6 Å². The van der Waals surface area contributed by atoms with Gasteiger partial charge in [0.15, 0.2) is 0 Å². The van der Waals surface area contributed by atoms with Crippen molar-refractivity contribution in [3.8, 4) is 11.5 Å². The first kappa shape index (κ1) is 26.8. The topological polar surface area (TPSA) is 99.0 Å². The number of ether oxygens (including phenoxy) is 1. The summed E-state index contributed by atoms with van der Waals surface area (Å²) in [6.07, 6.45) is 7.18. The smallest absolute Gasteiger partial charge is 0.223 e. The third-order valence-electron chi connectivity index (χ3n) is 8.14. The van der Waals surface area contributed by atoms with Gasteiger partial charge in [-0.2, -0.15) is 0 Å². The van der Waals surface area contributed by atoms with Gasteiger partial charge in [0.2, 0.25) is 5.91 Å². The number of benzene rings is 1. The van der Waals surface area contributed by atoms with E-state index in [9.17, 15) is 15.0 Å². The molecule has 34 heavy (non-hydrogen) atoms. The van der Waals surface area contributed by atoms with Crippen LogP contribution in [0.2, 0.25) is 0 Å². The number of phenolic OH excluding ortho intramolecular Hbond substituents is 1. The summed E-state index contributed by atoms with van der Waals surface area (Å²) in [5.74, 6) is 0.985. The summed E-state index contributed by atoms with van der Waals surface area (Å²) in [4.78, 5) is 12.8. The molecule has 1 aliphatic carbocycles. The van der Waals surface area contributed by atoms with Crippen LogP contribution in [-0.2, 0) is 10.2 Å². The lowest BCUT2D eigenvalue weighted by atomic mass is 9.63. The Hall–Kier alpha value is -1.79. The molecule has 0 unspecified atom stereocenters. The molecule has 1 aliphatic heterocycles. The zero-order chi connectivity index (χ0) is 25.1. The lowest BCUT2D eigenvalue weighted by molar-refractivity contribution is -0.128. The Morgan fingerprint density at radius 3 is 2.65 bits per heavy atom. The van der Waals surface area contributed by atoms with Crippen LogP contribution < -0.4 is 10.1 Å². The van der Waals surface area contributed by atoms with Gasteiger partial charge >= 0.3 is 0 Å². The van der Waals surface area contributed by atoms with Gasteiger partial charge in [-0.25, -0.2) is 0 Å². The van der Waals surface area contributed by atoms with E-state index in [-0.39, 0.29) is 53.6 Å². The van der Waals surface area contributed by atoms with Gasteiger partial charge < -0.3 is 25.4 Å². The molecular weight excluding hydrogens is 430 g/mol. The van der Waals surface area contributed by atoms with Crippen LogP contribution in [0, 0.1) is 11.8 Å². The number of aromatic hydroxyl groups is 1. The monoisotopic (exact) mass is 475 g/mol. The second-order valence-electron chi connectivity index (χ2n) is 11.6. The summed E-state index contributed by atoms with van der Waals surface area (Å²) >= 11 is 0. The van der Waals surface area contributed by atoms with Gasteiger partial charge in [0.1, 0.15) is 17.1 Å². The number of fused-ring (bicyclic) bond motifs is 3. The first-order valence-corrected chi connectivity index (χ1v) is 13.1. The Morgan fingerprint density at radius 2 is 1.97 bits per heavy atom. The molecular formula is C28H45NO5.